The van der Waals surface area contributed by atoms with E-state index < -0.39 is 5.92 Å². The number of nitrogens with zero attached hydrogens (tertiary/aromatic N) is 4. The Labute approximate surface area is 155 Å². The van der Waals surface area contributed by atoms with Crippen LogP contribution in [0.25, 0.3) is 11.0 Å². The summed E-state index contributed by atoms with van der Waals surface area (Å²) in [5.41, 5.74) is 7.83. The topological polar surface area (TPSA) is 93.7 Å². The van der Waals surface area contributed by atoms with Crippen molar-refractivity contribution in [2.24, 2.45) is 12.8 Å². The number of anilines is 2. The van der Waals surface area contributed by atoms with Crippen LogP contribution in [0.4, 0.5) is 20.5 Å². The van der Waals surface area contributed by atoms with E-state index in [1.54, 1.807) is 17.9 Å². The molecule has 7 nitrogen and oxygen atoms in total. The average Bonchev–Trinajstić information content (AvgIpc) is 3.00. The molecule has 2 aromatic heterocycles. The zero-order chi connectivity index (χ0) is 19.0. The largest absolute Gasteiger partial charge is 0.366 e. The molecule has 27 heavy (non-hydrogen) atoms. The van der Waals surface area contributed by atoms with E-state index >= 15 is 0 Å². The van der Waals surface area contributed by atoms with Crippen LogP contribution >= 0.6 is 0 Å². The Morgan fingerprint density at radius 1 is 1.26 bits per heavy atom. The Kier molecular flexibility index (Phi) is 4.39. The summed E-state index contributed by atoms with van der Waals surface area (Å²) in [5, 5.41) is 11.1. The fourth-order valence-corrected chi connectivity index (χ4v) is 3.19. The van der Waals surface area contributed by atoms with E-state index in [2.05, 4.69) is 25.7 Å². The Bertz CT molecular complexity index is 934. The molecule has 0 bridgehead atoms. The Balaban J connectivity index is 1.53. The van der Waals surface area contributed by atoms with Crippen LogP contribution in [-0.4, -0.2) is 38.3 Å². The van der Waals surface area contributed by atoms with Crippen LogP contribution in [-0.2, 0) is 7.05 Å². The number of nitrogens with two attached hydrogens (primary N) is 1. The number of nitrogens with one attached hydrogen (secondary N) is 2. The molecule has 4 rings (SSSR count). The van der Waals surface area contributed by atoms with Crippen molar-refractivity contribution >= 4 is 22.8 Å². The van der Waals surface area contributed by atoms with Crippen LogP contribution < -0.4 is 16.4 Å². The summed E-state index contributed by atoms with van der Waals surface area (Å²) in [6, 6.07) is 9.19. The first kappa shape index (κ1) is 17.6. The molecule has 4 N–H and O–H groups in total. The highest BCUT2D eigenvalue weighted by Gasteiger charge is 2.45. The van der Waals surface area contributed by atoms with E-state index in [1.165, 1.54) is 0 Å². The number of rotatable bonds is 6. The SMILES string of the molecule is Cn1ncc2c(NC3CC(F)(F)C3)nc(NCC(N)c3ccccc3)nc21. The number of hydrogen-bond acceptors (Lipinski definition) is 6. The molecule has 1 aliphatic carbocycles. The number of fused-ring (bicyclic) bond motifs is 1. The van der Waals surface area contributed by atoms with E-state index in [9.17, 15) is 8.78 Å². The van der Waals surface area contributed by atoms with Gasteiger partial charge in [-0.2, -0.15) is 15.1 Å². The van der Waals surface area contributed by atoms with Gasteiger partial charge in [-0.15, -0.1) is 0 Å². The predicted molar refractivity (Wildman–Crippen MR) is 99.8 cm³/mol. The molecule has 1 atom stereocenters. The van der Waals surface area contributed by atoms with Gasteiger partial charge in [0.1, 0.15) is 5.82 Å². The highest BCUT2D eigenvalue weighted by atomic mass is 19.3. The molecular weight excluding hydrogens is 352 g/mol. The van der Waals surface area contributed by atoms with Crippen molar-refractivity contribution in [2.45, 2.75) is 30.8 Å². The molecule has 142 valence electrons. The quantitative estimate of drug-likeness (QED) is 0.615. The minimum atomic E-state index is -2.59. The molecule has 9 heteroatoms. The van der Waals surface area contributed by atoms with E-state index in [0.29, 0.717) is 29.3 Å². The molecule has 0 aliphatic heterocycles. The predicted octanol–water partition coefficient (Wildman–Crippen LogP) is 2.68. The van der Waals surface area contributed by atoms with Gasteiger partial charge in [-0.3, -0.25) is 4.68 Å². The van der Waals surface area contributed by atoms with E-state index in [0.717, 1.165) is 5.56 Å². The van der Waals surface area contributed by atoms with Crippen molar-refractivity contribution in [1.29, 1.82) is 0 Å². The summed E-state index contributed by atoms with van der Waals surface area (Å²) in [5.74, 6) is -1.71. The number of benzene rings is 1. The van der Waals surface area contributed by atoms with Crippen LogP contribution in [0.5, 0.6) is 0 Å². The van der Waals surface area contributed by atoms with Crippen LogP contribution in [0.3, 0.4) is 0 Å². The minimum absolute atomic E-state index is 0.194. The zero-order valence-corrected chi connectivity index (χ0v) is 14.9. The lowest BCUT2D eigenvalue weighted by Gasteiger charge is -2.35. The smallest absolute Gasteiger partial charge is 0.252 e. The second kappa shape index (κ2) is 6.73. The lowest BCUT2D eigenvalue weighted by Crippen LogP contribution is -2.44. The first-order chi connectivity index (χ1) is 12.9. The summed E-state index contributed by atoms with van der Waals surface area (Å²) >= 11 is 0. The molecule has 0 amide bonds. The second-order valence-electron chi connectivity index (χ2n) is 6.90. The maximum absolute atomic E-state index is 13.1. The normalized spacial score (nSPS) is 17.5. The van der Waals surface area contributed by atoms with Crippen molar-refractivity contribution in [3.05, 3.63) is 42.1 Å². The number of hydrogen-bond donors (Lipinski definition) is 3. The fourth-order valence-electron chi connectivity index (χ4n) is 3.19. The Hall–Kier alpha value is -2.81. The lowest BCUT2D eigenvalue weighted by atomic mass is 9.88. The van der Waals surface area contributed by atoms with E-state index in [1.807, 2.05) is 30.3 Å². The van der Waals surface area contributed by atoms with E-state index in [4.69, 9.17) is 5.73 Å². The third-order valence-electron chi connectivity index (χ3n) is 4.73. The van der Waals surface area contributed by atoms with Crippen LogP contribution in [0.2, 0.25) is 0 Å². The van der Waals surface area contributed by atoms with Gasteiger partial charge in [-0.1, -0.05) is 30.3 Å². The maximum Gasteiger partial charge on any atom is 0.252 e. The van der Waals surface area contributed by atoms with Gasteiger partial charge in [-0.05, 0) is 5.56 Å². The van der Waals surface area contributed by atoms with Gasteiger partial charge >= 0.3 is 0 Å². The van der Waals surface area contributed by atoms with Gasteiger partial charge in [0, 0.05) is 38.5 Å². The van der Waals surface area contributed by atoms with Crippen molar-refractivity contribution in [3.8, 4) is 0 Å². The Morgan fingerprint density at radius 2 is 2.00 bits per heavy atom. The summed E-state index contributed by atoms with van der Waals surface area (Å²) < 4.78 is 27.9. The molecule has 3 aromatic rings. The lowest BCUT2D eigenvalue weighted by molar-refractivity contribution is -0.0793. The standard InChI is InChI=1S/C18H21F2N7/c1-27-16-13(9-23-27)15(24-12-7-18(19,20)8-12)25-17(26-16)22-10-14(21)11-5-3-2-4-6-11/h2-6,9,12,14H,7-8,10,21H2,1H3,(H2,22,24,25,26). The van der Waals surface area contributed by atoms with Crippen LogP contribution in [0.15, 0.2) is 36.5 Å². The fraction of sp³-hybridized carbons (Fsp3) is 0.389. The van der Waals surface area contributed by atoms with Crippen molar-refractivity contribution < 1.29 is 8.78 Å². The molecule has 1 saturated carbocycles. The highest BCUT2D eigenvalue weighted by molar-refractivity contribution is 5.87. The molecule has 1 aromatic carbocycles. The van der Waals surface area contributed by atoms with Gasteiger partial charge in [-0.25, -0.2) is 8.78 Å². The summed E-state index contributed by atoms with van der Waals surface area (Å²) in [6.45, 7) is 0.439. The van der Waals surface area contributed by atoms with Gasteiger partial charge in [0.2, 0.25) is 5.95 Å². The molecule has 0 radical (unpaired) electrons. The molecule has 1 fully saturated rings. The molecule has 1 unspecified atom stereocenters. The third kappa shape index (κ3) is 3.68. The molecule has 0 saturated heterocycles. The molecule has 1 aliphatic rings. The van der Waals surface area contributed by atoms with Crippen LogP contribution in [0, 0.1) is 0 Å². The first-order valence-corrected chi connectivity index (χ1v) is 8.80. The Morgan fingerprint density at radius 3 is 2.70 bits per heavy atom. The van der Waals surface area contributed by atoms with Crippen molar-refractivity contribution in [1.82, 2.24) is 19.7 Å². The molecule has 2 heterocycles. The average molecular weight is 373 g/mol. The third-order valence-corrected chi connectivity index (χ3v) is 4.73. The summed E-state index contributed by atoms with van der Waals surface area (Å²) in [4.78, 5) is 8.94. The van der Waals surface area contributed by atoms with Gasteiger partial charge in [0.15, 0.2) is 5.65 Å². The molecular formula is C18H21F2N7. The zero-order valence-electron chi connectivity index (χ0n) is 14.9. The van der Waals surface area contributed by atoms with Gasteiger partial charge in [0.05, 0.1) is 11.6 Å². The van der Waals surface area contributed by atoms with Crippen LogP contribution in [0.1, 0.15) is 24.4 Å². The summed E-state index contributed by atoms with van der Waals surface area (Å²) in [7, 11) is 1.77. The van der Waals surface area contributed by atoms with E-state index in [-0.39, 0.29) is 24.9 Å². The minimum Gasteiger partial charge on any atom is -0.366 e. The van der Waals surface area contributed by atoms with Crippen molar-refractivity contribution in [3.63, 3.8) is 0 Å². The van der Waals surface area contributed by atoms with Gasteiger partial charge in [0.25, 0.3) is 5.92 Å². The monoisotopic (exact) mass is 373 g/mol. The van der Waals surface area contributed by atoms with Crippen molar-refractivity contribution in [2.75, 3.05) is 17.2 Å². The number of halogens is 2. The summed E-state index contributed by atoms with van der Waals surface area (Å²) in [6.07, 6.45) is 1.24. The maximum atomic E-state index is 13.1. The van der Waals surface area contributed by atoms with Gasteiger partial charge < -0.3 is 16.4 Å². The highest BCUT2D eigenvalue weighted by Crippen LogP contribution is 2.39. The number of aryl methyl sites for hydroxylation is 1. The number of aromatic nitrogens is 4. The number of alkyl halides is 2. The molecule has 0 spiro atoms. The first-order valence-electron chi connectivity index (χ1n) is 8.80. The second-order valence-corrected chi connectivity index (χ2v) is 6.90.